The van der Waals surface area contributed by atoms with Crippen LogP contribution in [0.3, 0.4) is 0 Å². The van der Waals surface area contributed by atoms with E-state index in [0.717, 1.165) is 74.1 Å². The average Bonchev–Trinajstić information content (AvgIpc) is 3.01. The van der Waals surface area contributed by atoms with Crippen LogP contribution in [0.2, 0.25) is 0 Å². The lowest BCUT2D eigenvalue weighted by atomic mass is 9.82. The zero-order chi connectivity index (χ0) is 28.4. The molecule has 220 valence electrons. The lowest BCUT2D eigenvalue weighted by Crippen LogP contribution is -2.48. The fourth-order valence-electron chi connectivity index (χ4n) is 5.95. The van der Waals surface area contributed by atoms with Crippen molar-refractivity contribution in [2.75, 3.05) is 57.3 Å². The topological polar surface area (TPSA) is 77.1 Å². The lowest BCUT2D eigenvalue weighted by Gasteiger charge is -2.38. The number of anilines is 2. The third-order valence-corrected chi connectivity index (χ3v) is 8.06. The Balaban J connectivity index is 1.25. The van der Waals surface area contributed by atoms with Gasteiger partial charge in [-0.25, -0.2) is 4.98 Å². The molecule has 0 saturated carbocycles. The van der Waals surface area contributed by atoms with Crippen molar-refractivity contribution >= 4 is 11.5 Å². The zero-order valence-corrected chi connectivity index (χ0v) is 24.6. The highest BCUT2D eigenvalue weighted by atomic mass is 16.5. The predicted molar refractivity (Wildman–Crippen MR) is 163 cm³/mol. The van der Waals surface area contributed by atoms with Gasteiger partial charge in [-0.15, -0.1) is 0 Å². The molecular formula is C33H44N4O4. The van der Waals surface area contributed by atoms with Crippen molar-refractivity contribution < 1.29 is 18.9 Å². The highest BCUT2D eigenvalue weighted by Gasteiger charge is 2.33. The Labute approximate surface area is 244 Å². The second-order valence-corrected chi connectivity index (χ2v) is 11.0. The molecule has 1 saturated heterocycles. The number of hydrogen-bond donors (Lipinski definition) is 2. The van der Waals surface area contributed by atoms with Gasteiger partial charge in [-0.1, -0.05) is 24.3 Å². The van der Waals surface area contributed by atoms with E-state index in [1.165, 1.54) is 5.56 Å². The molecule has 3 unspecified atom stereocenters. The minimum absolute atomic E-state index is 0.0591. The van der Waals surface area contributed by atoms with E-state index in [0.29, 0.717) is 25.3 Å². The number of nitrogens with zero attached hydrogens (tertiary/aromatic N) is 2. The first-order valence-corrected chi connectivity index (χ1v) is 14.8. The van der Waals surface area contributed by atoms with Crippen molar-refractivity contribution in [1.29, 1.82) is 0 Å². The van der Waals surface area contributed by atoms with Crippen molar-refractivity contribution in [2.45, 2.75) is 56.9 Å². The molecule has 8 heteroatoms. The fourth-order valence-corrected chi connectivity index (χ4v) is 5.95. The molecule has 3 aromatic rings. The minimum Gasteiger partial charge on any atom is -0.497 e. The third kappa shape index (κ3) is 7.91. The smallest absolute Gasteiger partial charge is 0.142 e. The van der Waals surface area contributed by atoms with Crippen LogP contribution >= 0.6 is 0 Å². The van der Waals surface area contributed by atoms with Crippen molar-refractivity contribution in [3.63, 3.8) is 0 Å². The number of aromatic nitrogens is 1. The van der Waals surface area contributed by atoms with Gasteiger partial charge >= 0.3 is 0 Å². The van der Waals surface area contributed by atoms with E-state index in [-0.39, 0.29) is 12.0 Å². The van der Waals surface area contributed by atoms with Crippen LogP contribution in [-0.2, 0) is 16.1 Å². The summed E-state index contributed by atoms with van der Waals surface area (Å²) in [6.45, 7) is 6.90. The number of benzene rings is 2. The highest BCUT2D eigenvalue weighted by Crippen LogP contribution is 2.35. The largest absolute Gasteiger partial charge is 0.497 e. The maximum absolute atomic E-state index is 6.67. The summed E-state index contributed by atoms with van der Waals surface area (Å²) in [7, 11) is 3.46. The number of pyridine rings is 1. The van der Waals surface area contributed by atoms with Gasteiger partial charge in [0.05, 0.1) is 32.1 Å². The predicted octanol–water partition coefficient (Wildman–Crippen LogP) is 5.25. The van der Waals surface area contributed by atoms with Crippen molar-refractivity contribution in [3.8, 4) is 11.5 Å². The Morgan fingerprint density at radius 3 is 2.78 bits per heavy atom. The summed E-state index contributed by atoms with van der Waals surface area (Å²) in [5, 5.41) is 7.32. The first-order valence-electron chi connectivity index (χ1n) is 14.8. The molecule has 0 amide bonds. The van der Waals surface area contributed by atoms with Crippen molar-refractivity contribution in [1.82, 2.24) is 10.3 Å². The van der Waals surface area contributed by atoms with Gasteiger partial charge in [0, 0.05) is 51.0 Å². The summed E-state index contributed by atoms with van der Waals surface area (Å²) in [5.41, 5.74) is 3.60. The Morgan fingerprint density at radius 1 is 1.12 bits per heavy atom. The maximum Gasteiger partial charge on any atom is 0.142 e. The number of nitrogens with one attached hydrogen (secondary N) is 2. The standard InChI is InChI=1S/C33H44N4O4/c1-24(36-33-7-4-5-14-34-33)19-27-21-29(26-9-11-28(39-3)12-10-26)32(22-35-27)41-23-25-8-13-31-30(20-25)37(16-18-40-31)15-6-17-38-2/h4-5,7-14,20,24,27,29,32,35H,6,15-19,21-23H2,1-3H3,(H,34,36)/t24?,27?,29?,32-/m0/s1. The minimum atomic E-state index is 0.0591. The fraction of sp³-hybridized carbons (Fsp3) is 0.485. The van der Waals surface area contributed by atoms with Gasteiger partial charge < -0.3 is 34.5 Å². The van der Waals surface area contributed by atoms with Gasteiger partial charge in [-0.05, 0) is 73.7 Å². The third-order valence-electron chi connectivity index (χ3n) is 8.06. The van der Waals surface area contributed by atoms with E-state index >= 15 is 0 Å². The summed E-state index contributed by atoms with van der Waals surface area (Å²) in [6, 6.07) is 21.5. The van der Waals surface area contributed by atoms with Gasteiger partial charge in [-0.3, -0.25) is 0 Å². The van der Waals surface area contributed by atoms with Crippen LogP contribution in [-0.4, -0.2) is 70.2 Å². The van der Waals surface area contributed by atoms with Crippen LogP contribution in [0.5, 0.6) is 11.5 Å². The Hall–Kier alpha value is -3.33. The number of ether oxygens (including phenoxy) is 4. The number of piperidine rings is 1. The van der Waals surface area contributed by atoms with E-state index in [1.807, 2.05) is 24.4 Å². The van der Waals surface area contributed by atoms with Crippen LogP contribution in [0.15, 0.2) is 66.9 Å². The summed E-state index contributed by atoms with van der Waals surface area (Å²) >= 11 is 0. The Morgan fingerprint density at radius 2 is 2.00 bits per heavy atom. The SMILES string of the molecule is COCCCN1CCOc2ccc(CO[C@H]3CNC(CC(C)Nc4ccccn4)CC3c3ccc(OC)cc3)cc21. The van der Waals surface area contributed by atoms with Crippen LogP contribution in [0, 0.1) is 0 Å². The monoisotopic (exact) mass is 560 g/mol. The molecule has 0 spiro atoms. The van der Waals surface area contributed by atoms with Crippen LogP contribution < -0.4 is 25.0 Å². The quantitative estimate of drug-likeness (QED) is 0.275. The first kappa shape index (κ1) is 29.2. The van der Waals surface area contributed by atoms with Gasteiger partial charge in [-0.2, -0.15) is 0 Å². The van der Waals surface area contributed by atoms with Gasteiger partial charge in [0.15, 0.2) is 0 Å². The maximum atomic E-state index is 6.67. The lowest BCUT2D eigenvalue weighted by molar-refractivity contribution is 0.00202. The number of fused-ring (bicyclic) bond motifs is 1. The molecule has 0 aliphatic carbocycles. The molecule has 41 heavy (non-hydrogen) atoms. The van der Waals surface area contributed by atoms with E-state index in [2.05, 4.69) is 69.9 Å². The second-order valence-electron chi connectivity index (χ2n) is 11.0. The van der Waals surface area contributed by atoms with Crippen LogP contribution in [0.25, 0.3) is 0 Å². The number of rotatable bonds is 13. The summed E-state index contributed by atoms with van der Waals surface area (Å²) in [4.78, 5) is 6.82. The average molecular weight is 561 g/mol. The Kier molecular flexibility index (Phi) is 10.3. The molecule has 1 aromatic heterocycles. The van der Waals surface area contributed by atoms with Gasteiger partial charge in [0.2, 0.25) is 0 Å². The molecule has 0 radical (unpaired) electrons. The molecule has 0 bridgehead atoms. The summed E-state index contributed by atoms with van der Waals surface area (Å²) in [5.74, 6) is 3.01. The molecule has 2 aliphatic heterocycles. The second kappa shape index (κ2) is 14.5. The number of methoxy groups -OCH3 is 2. The zero-order valence-electron chi connectivity index (χ0n) is 24.6. The first-order chi connectivity index (χ1) is 20.1. The molecular weight excluding hydrogens is 516 g/mol. The van der Waals surface area contributed by atoms with Crippen molar-refractivity contribution in [2.24, 2.45) is 0 Å². The molecule has 2 aromatic carbocycles. The normalized spacial score (nSPS) is 21.0. The molecule has 8 nitrogen and oxygen atoms in total. The van der Waals surface area contributed by atoms with E-state index in [1.54, 1.807) is 14.2 Å². The van der Waals surface area contributed by atoms with Gasteiger partial charge in [0.1, 0.15) is 23.9 Å². The molecule has 4 atom stereocenters. The van der Waals surface area contributed by atoms with Crippen LogP contribution in [0.4, 0.5) is 11.5 Å². The van der Waals surface area contributed by atoms with E-state index in [4.69, 9.17) is 18.9 Å². The number of hydrogen-bond acceptors (Lipinski definition) is 8. The van der Waals surface area contributed by atoms with Crippen molar-refractivity contribution in [3.05, 3.63) is 78.0 Å². The molecule has 3 heterocycles. The molecule has 1 fully saturated rings. The summed E-state index contributed by atoms with van der Waals surface area (Å²) < 4.78 is 23.3. The van der Waals surface area contributed by atoms with Gasteiger partial charge in [0.25, 0.3) is 0 Å². The highest BCUT2D eigenvalue weighted by molar-refractivity contribution is 5.61. The Bertz CT molecular complexity index is 1210. The van der Waals surface area contributed by atoms with E-state index in [9.17, 15) is 0 Å². The molecule has 2 aliphatic rings. The molecule has 2 N–H and O–H groups in total. The van der Waals surface area contributed by atoms with E-state index < -0.39 is 0 Å². The van der Waals surface area contributed by atoms with Crippen LogP contribution in [0.1, 0.15) is 43.2 Å². The summed E-state index contributed by atoms with van der Waals surface area (Å²) in [6.07, 6.45) is 4.87. The molecule has 5 rings (SSSR count).